The summed E-state index contributed by atoms with van der Waals surface area (Å²) in [5.74, 6) is -0.0529. The van der Waals surface area contributed by atoms with Crippen molar-refractivity contribution in [3.63, 3.8) is 0 Å². The number of carbonyl (C=O) groups is 1. The lowest BCUT2D eigenvalue weighted by atomic mass is 10.1. The van der Waals surface area contributed by atoms with Gasteiger partial charge in [0.15, 0.2) is 0 Å². The molecule has 0 aromatic heterocycles. The van der Waals surface area contributed by atoms with Crippen molar-refractivity contribution >= 4 is 15.7 Å². The fraction of sp³-hybridized carbons (Fsp3) is 0.889. The maximum absolute atomic E-state index is 11.3. The lowest BCUT2D eigenvalue weighted by molar-refractivity contribution is -0.123. The standard InChI is InChI=1S/C9H20N2O3S/c1-7(2)8(10)9(12)11-5-4-6-15(3,13)14/h7-8H,4-6,10H2,1-3H3,(H,11,12). The second-order valence-electron chi connectivity index (χ2n) is 4.04. The minimum absolute atomic E-state index is 0.0832. The molecule has 6 heteroatoms. The Balaban J connectivity index is 3.74. The first-order valence-corrected chi connectivity index (χ1v) is 7.01. The van der Waals surface area contributed by atoms with E-state index in [-0.39, 0.29) is 17.6 Å². The van der Waals surface area contributed by atoms with Gasteiger partial charge in [0.05, 0.1) is 11.8 Å². The van der Waals surface area contributed by atoms with Gasteiger partial charge in [-0.1, -0.05) is 13.8 Å². The highest BCUT2D eigenvalue weighted by molar-refractivity contribution is 7.90. The Labute approximate surface area is 91.3 Å². The quantitative estimate of drug-likeness (QED) is 0.610. The molecule has 0 spiro atoms. The van der Waals surface area contributed by atoms with Gasteiger partial charge >= 0.3 is 0 Å². The van der Waals surface area contributed by atoms with Crippen molar-refractivity contribution in [1.29, 1.82) is 0 Å². The van der Waals surface area contributed by atoms with E-state index < -0.39 is 15.9 Å². The third-order valence-electron chi connectivity index (χ3n) is 2.01. The molecule has 0 aromatic rings. The maximum Gasteiger partial charge on any atom is 0.237 e. The van der Waals surface area contributed by atoms with Crippen molar-refractivity contribution in [3.05, 3.63) is 0 Å². The number of sulfone groups is 1. The molecule has 0 saturated carbocycles. The average Bonchev–Trinajstić information content (AvgIpc) is 2.09. The van der Waals surface area contributed by atoms with Crippen molar-refractivity contribution < 1.29 is 13.2 Å². The Kier molecular flexibility index (Phi) is 5.82. The van der Waals surface area contributed by atoms with Crippen molar-refractivity contribution in [2.45, 2.75) is 26.3 Å². The first-order chi connectivity index (χ1) is 6.74. The number of hydrogen-bond donors (Lipinski definition) is 2. The highest BCUT2D eigenvalue weighted by Gasteiger charge is 2.16. The Morgan fingerprint density at radius 1 is 1.40 bits per heavy atom. The van der Waals surface area contributed by atoms with Crippen LogP contribution in [0.1, 0.15) is 20.3 Å². The molecule has 0 fully saturated rings. The number of amides is 1. The predicted octanol–water partition coefficient (Wildman–Crippen LogP) is -0.479. The molecule has 5 nitrogen and oxygen atoms in total. The van der Waals surface area contributed by atoms with E-state index in [4.69, 9.17) is 5.73 Å². The van der Waals surface area contributed by atoms with E-state index in [1.807, 2.05) is 13.8 Å². The lowest BCUT2D eigenvalue weighted by Gasteiger charge is -2.14. The van der Waals surface area contributed by atoms with Gasteiger partial charge in [0.1, 0.15) is 9.84 Å². The molecule has 0 aliphatic heterocycles. The average molecular weight is 236 g/mol. The Bertz CT molecular complexity index is 298. The molecule has 0 bridgehead atoms. The van der Waals surface area contributed by atoms with Crippen LogP contribution in [-0.4, -0.2) is 38.9 Å². The molecule has 0 aromatic carbocycles. The maximum atomic E-state index is 11.3. The third kappa shape index (κ3) is 7.33. The molecular formula is C9H20N2O3S. The highest BCUT2D eigenvalue weighted by atomic mass is 32.2. The molecule has 0 aliphatic rings. The summed E-state index contributed by atoms with van der Waals surface area (Å²) in [4.78, 5) is 11.3. The molecule has 0 rings (SSSR count). The van der Waals surface area contributed by atoms with Crippen LogP contribution in [0.4, 0.5) is 0 Å². The molecule has 1 amide bonds. The SMILES string of the molecule is CC(C)C(N)C(=O)NCCCS(C)(=O)=O. The van der Waals surface area contributed by atoms with Crippen LogP contribution in [0.15, 0.2) is 0 Å². The van der Waals surface area contributed by atoms with Crippen molar-refractivity contribution in [2.75, 3.05) is 18.6 Å². The van der Waals surface area contributed by atoms with Crippen LogP contribution in [0.25, 0.3) is 0 Å². The molecule has 0 heterocycles. The van der Waals surface area contributed by atoms with Crippen molar-refractivity contribution in [2.24, 2.45) is 11.7 Å². The first-order valence-electron chi connectivity index (χ1n) is 4.95. The predicted molar refractivity (Wildman–Crippen MR) is 60.2 cm³/mol. The number of rotatable bonds is 6. The minimum atomic E-state index is -2.94. The van der Waals surface area contributed by atoms with Gasteiger partial charge in [-0.15, -0.1) is 0 Å². The number of nitrogens with one attached hydrogen (secondary N) is 1. The van der Waals surface area contributed by atoms with Crippen molar-refractivity contribution in [1.82, 2.24) is 5.32 Å². The summed E-state index contributed by atoms with van der Waals surface area (Å²) in [5.41, 5.74) is 5.60. The largest absolute Gasteiger partial charge is 0.355 e. The summed E-state index contributed by atoms with van der Waals surface area (Å²) in [6.07, 6.45) is 1.60. The van der Waals surface area contributed by atoms with Gasteiger partial charge < -0.3 is 11.1 Å². The van der Waals surface area contributed by atoms with Gasteiger partial charge in [-0.05, 0) is 12.3 Å². The van der Waals surface area contributed by atoms with Crippen LogP contribution >= 0.6 is 0 Å². The summed E-state index contributed by atoms with van der Waals surface area (Å²) in [7, 11) is -2.94. The van der Waals surface area contributed by atoms with Crippen LogP contribution < -0.4 is 11.1 Å². The molecule has 1 unspecified atom stereocenters. The van der Waals surface area contributed by atoms with Gasteiger partial charge in [0.2, 0.25) is 5.91 Å². The molecule has 0 saturated heterocycles. The minimum Gasteiger partial charge on any atom is -0.355 e. The summed E-state index contributed by atoms with van der Waals surface area (Å²) in [5, 5.41) is 2.61. The third-order valence-corrected chi connectivity index (χ3v) is 3.04. The van der Waals surface area contributed by atoms with Crippen LogP contribution in [0, 0.1) is 5.92 Å². The molecule has 90 valence electrons. The van der Waals surface area contributed by atoms with E-state index >= 15 is 0 Å². The van der Waals surface area contributed by atoms with Gasteiger partial charge in [-0.3, -0.25) is 4.79 Å². The normalized spacial score (nSPS) is 13.9. The van der Waals surface area contributed by atoms with Crippen LogP contribution in [0.5, 0.6) is 0 Å². The molecule has 1 atom stereocenters. The number of carbonyl (C=O) groups excluding carboxylic acids is 1. The second-order valence-corrected chi connectivity index (χ2v) is 6.30. The molecule has 0 aliphatic carbocycles. The van der Waals surface area contributed by atoms with E-state index in [9.17, 15) is 13.2 Å². The summed E-state index contributed by atoms with van der Waals surface area (Å²) >= 11 is 0. The van der Waals surface area contributed by atoms with Crippen LogP contribution in [-0.2, 0) is 14.6 Å². The Morgan fingerprint density at radius 2 is 1.93 bits per heavy atom. The van der Waals surface area contributed by atoms with Crippen LogP contribution in [0.3, 0.4) is 0 Å². The lowest BCUT2D eigenvalue weighted by Crippen LogP contribution is -2.44. The molecule has 15 heavy (non-hydrogen) atoms. The zero-order valence-electron chi connectivity index (χ0n) is 9.49. The van der Waals surface area contributed by atoms with Crippen molar-refractivity contribution in [3.8, 4) is 0 Å². The van der Waals surface area contributed by atoms with Gasteiger partial charge in [0, 0.05) is 12.8 Å². The second kappa shape index (κ2) is 6.07. The van der Waals surface area contributed by atoms with E-state index in [0.29, 0.717) is 13.0 Å². The summed E-state index contributed by atoms with van der Waals surface area (Å²) in [6, 6.07) is -0.525. The summed E-state index contributed by atoms with van der Waals surface area (Å²) in [6.45, 7) is 4.08. The van der Waals surface area contributed by atoms with E-state index in [1.54, 1.807) is 0 Å². The monoisotopic (exact) mass is 236 g/mol. The highest BCUT2D eigenvalue weighted by Crippen LogP contribution is 1.97. The Morgan fingerprint density at radius 3 is 2.33 bits per heavy atom. The van der Waals surface area contributed by atoms with Gasteiger partial charge in [0.25, 0.3) is 0 Å². The smallest absolute Gasteiger partial charge is 0.237 e. The number of hydrogen-bond acceptors (Lipinski definition) is 4. The fourth-order valence-corrected chi connectivity index (χ4v) is 1.64. The summed E-state index contributed by atoms with van der Waals surface area (Å²) < 4.78 is 21.6. The first kappa shape index (κ1) is 14.4. The number of nitrogens with two attached hydrogens (primary N) is 1. The van der Waals surface area contributed by atoms with Crippen LogP contribution in [0.2, 0.25) is 0 Å². The molecule has 0 radical (unpaired) electrons. The zero-order chi connectivity index (χ0) is 12.1. The topological polar surface area (TPSA) is 89.3 Å². The molecular weight excluding hydrogens is 216 g/mol. The Hall–Kier alpha value is -0.620. The fourth-order valence-electron chi connectivity index (χ4n) is 0.967. The van der Waals surface area contributed by atoms with Gasteiger partial charge in [-0.25, -0.2) is 8.42 Å². The molecule has 3 N–H and O–H groups in total. The van der Waals surface area contributed by atoms with Gasteiger partial charge in [-0.2, -0.15) is 0 Å². The zero-order valence-corrected chi connectivity index (χ0v) is 10.3. The van der Waals surface area contributed by atoms with E-state index in [2.05, 4.69) is 5.32 Å². The van der Waals surface area contributed by atoms with E-state index in [1.165, 1.54) is 6.26 Å². The van der Waals surface area contributed by atoms with E-state index in [0.717, 1.165) is 0 Å².